The molecule has 0 spiro atoms. The second-order valence-corrected chi connectivity index (χ2v) is 7.79. The molecule has 32 heavy (non-hydrogen) atoms. The maximum absolute atomic E-state index is 12.2. The van der Waals surface area contributed by atoms with E-state index in [2.05, 4.69) is 55.2 Å². The monoisotopic (exact) mass is 431 g/mol. The smallest absolute Gasteiger partial charge is 0.246 e. The van der Waals surface area contributed by atoms with Crippen LogP contribution in [0.5, 0.6) is 0 Å². The minimum absolute atomic E-state index is 0.111. The Morgan fingerprint density at radius 2 is 2.03 bits per heavy atom. The van der Waals surface area contributed by atoms with Crippen LogP contribution < -0.4 is 20.9 Å². The zero-order valence-electron chi connectivity index (χ0n) is 18.2. The lowest BCUT2D eigenvalue weighted by Gasteiger charge is -2.20. The Morgan fingerprint density at radius 3 is 2.81 bits per heavy atom. The van der Waals surface area contributed by atoms with Crippen molar-refractivity contribution in [3.8, 4) is 0 Å². The first-order chi connectivity index (χ1) is 15.7. The molecule has 1 aromatic heterocycles. The Bertz CT molecular complexity index is 1030. The van der Waals surface area contributed by atoms with Gasteiger partial charge in [-0.1, -0.05) is 30.3 Å². The van der Waals surface area contributed by atoms with Crippen LogP contribution in [0.15, 0.2) is 78.0 Å². The molecule has 1 saturated heterocycles. The van der Waals surface area contributed by atoms with E-state index in [0.717, 1.165) is 36.7 Å². The molecule has 8 heteroatoms. The normalized spacial score (nSPS) is 16.1. The van der Waals surface area contributed by atoms with Crippen LogP contribution in [0.4, 0.5) is 11.4 Å². The number of guanidine groups is 1. The summed E-state index contributed by atoms with van der Waals surface area (Å²) in [6.07, 6.45) is 4.49. The van der Waals surface area contributed by atoms with E-state index in [1.165, 1.54) is 5.69 Å². The summed E-state index contributed by atoms with van der Waals surface area (Å²) >= 11 is 0. The molecule has 1 aliphatic heterocycles. The summed E-state index contributed by atoms with van der Waals surface area (Å²) in [4.78, 5) is 19.0. The van der Waals surface area contributed by atoms with Crippen molar-refractivity contribution in [3.05, 3.63) is 78.6 Å². The Morgan fingerprint density at radius 1 is 1.16 bits per heavy atom. The highest BCUT2D eigenvalue weighted by atomic mass is 16.2. The fourth-order valence-electron chi connectivity index (χ4n) is 3.83. The number of benzene rings is 2. The van der Waals surface area contributed by atoms with Crippen LogP contribution in [0, 0.1) is 0 Å². The average Bonchev–Trinajstić information content (AvgIpc) is 3.49. The van der Waals surface area contributed by atoms with Gasteiger partial charge in [0, 0.05) is 56.5 Å². The van der Waals surface area contributed by atoms with Crippen LogP contribution in [0.1, 0.15) is 12.0 Å². The second kappa shape index (κ2) is 10.5. The van der Waals surface area contributed by atoms with Crippen molar-refractivity contribution < 1.29 is 4.79 Å². The Labute approximate surface area is 188 Å². The fourth-order valence-corrected chi connectivity index (χ4v) is 3.83. The van der Waals surface area contributed by atoms with E-state index >= 15 is 0 Å². The van der Waals surface area contributed by atoms with Gasteiger partial charge in [0.05, 0.1) is 0 Å². The van der Waals surface area contributed by atoms with Crippen LogP contribution in [0.3, 0.4) is 0 Å². The van der Waals surface area contributed by atoms with Gasteiger partial charge < -0.3 is 20.9 Å². The third-order valence-corrected chi connectivity index (χ3v) is 5.41. The van der Waals surface area contributed by atoms with Crippen molar-refractivity contribution in [3.63, 3.8) is 0 Å². The maximum atomic E-state index is 12.2. The predicted molar refractivity (Wildman–Crippen MR) is 128 cm³/mol. The second-order valence-electron chi connectivity index (χ2n) is 7.79. The standard InChI is InChI=1S/C24H29N7O/c1-25-24(29-21-11-14-30(17-21)22-9-3-2-4-10-22)26-16-19-7-5-8-20(15-19)28-23(32)18-31-13-6-12-27-31/h2-10,12-13,15,21H,11,14,16-18H2,1H3,(H,28,32)(H2,25,26,29). The molecular weight excluding hydrogens is 402 g/mol. The zero-order chi connectivity index (χ0) is 22.2. The van der Waals surface area contributed by atoms with Crippen molar-refractivity contribution >= 4 is 23.2 Å². The molecule has 2 heterocycles. The van der Waals surface area contributed by atoms with Crippen LogP contribution >= 0.6 is 0 Å². The molecule has 1 fully saturated rings. The van der Waals surface area contributed by atoms with E-state index in [0.29, 0.717) is 12.6 Å². The van der Waals surface area contributed by atoms with Gasteiger partial charge in [0.15, 0.2) is 5.96 Å². The molecule has 1 aliphatic rings. The summed E-state index contributed by atoms with van der Waals surface area (Å²) < 4.78 is 1.60. The Kier molecular flexibility index (Phi) is 7.01. The molecule has 166 valence electrons. The fraction of sp³-hybridized carbons (Fsp3) is 0.292. The number of rotatable bonds is 7. The highest BCUT2D eigenvalue weighted by molar-refractivity contribution is 5.90. The summed E-state index contributed by atoms with van der Waals surface area (Å²) in [6, 6.07) is 20.4. The number of carbonyl (C=O) groups excluding carboxylic acids is 1. The molecule has 1 amide bonds. The maximum Gasteiger partial charge on any atom is 0.246 e. The number of aromatic nitrogens is 2. The van der Waals surface area contributed by atoms with Crippen molar-refractivity contribution in [2.75, 3.05) is 30.4 Å². The van der Waals surface area contributed by atoms with Gasteiger partial charge in [0.2, 0.25) is 5.91 Å². The predicted octanol–water partition coefficient (Wildman–Crippen LogP) is 2.47. The van der Waals surface area contributed by atoms with Crippen molar-refractivity contribution in [2.24, 2.45) is 4.99 Å². The summed E-state index contributed by atoms with van der Waals surface area (Å²) in [7, 11) is 1.78. The summed E-state index contributed by atoms with van der Waals surface area (Å²) in [6.45, 7) is 2.77. The lowest BCUT2D eigenvalue weighted by molar-refractivity contribution is -0.116. The van der Waals surface area contributed by atoms with Gasteiger partial charge in [-0.3, -0.25) is 14.5 Å². The number of amides is 1. The number of anilines is 2. The number of hydrogen-bond donors (Lipinski definition) is 3. The molecule has 2 aromatic carbocycles. The van der Waals surface area contributed by atoms with E-state index < -0.39 is 0 Å². The van der Waals surface area contributed by atoms with E-state index in [1.54, 1.807) is 30.2 Å². The van der Waals surface area contributed by atoms with Crippen molar-refractivity contribution in [1.82, 2.24) is 20.4 Å². The van der Waals surface area contributed by atoms with Crippen molar-refractivity contribution in [2.45, 2.75) is 25.6 Å². The average molecular weight is 432 g/mol. The summed E-state index contributed by atoms with van der Waals surface area (Å²) in [5, 5.41) is 13.9. The van der Waals surface area contributed by atoms with Gasteiger partial charge in [0.25, 0.3) is 0 Å². The molecule has 0 aliphatic carbocycles. The minimum Gasteiger partial charge on any atom is -0.369 e. The lowest BCUT2D eigenvalue weighted by atomic mass is 10.2. The zero-order valence-corrected chi connectivity index (χ0v) is 18.2. The first-order valence-corrected chi connectivity index (χ1v) is 10.8. The van der Waals surface area contributed by atoms with Crippen LogP contribution in [0.25, 0.3) is 0 Å². The summed E-state index contributed by atoms with van der Waals surface area (Å²) in [5.74, 6) is 0.665. The van der Waals surface area contributed by atoms with E-state index in [4.69, 9.17) is 0 Å². The number of nitrogens with one attached hydrogen (secondary N) is 3. The highest BCUT2D eigenvalue weighted by Gasteiger charge is 2.23. The Hall–Kier alpha value is -3.81. The molecule has 8 nitrogen and oxygen atoms in total. The van der Waals surface area contributed by atoms with Gasteiger partial charge in [0.1, 0.15) is 6.54 Å². The van der Waals surface area contributed by atoms with E-state index in [9.17, 15) is 4.79 Å². The molecular formula is C24H29N7O. The molecule has 0 bridgehead atoms. The molecule has 3 aromatic rings. The number of aliphatic imine (C=N–C) groups is 1. The van der Waals surface area contributed by atoms with Crippen LogP contribution in [0.2, 0.25) is 0 Å². The lowest BCUT2D eigenvalue weighted by Crippen LogP contribution is -2.44. The summed E-state index contributed by atoms with van der Waals surface area (Å²) in [5.41, 5.74) is 3.08. The number of hydrogen-bond acceptors (Lipinski definition) is 4. The third kappa shape index (κ3) is 5.87. The number of carbonyl (C=O) groups is 1. The number of para-hydroxylation sites is 1. The SMILES string of the molecule is CN=C(NCc1cccc(NC(=O)Cn2cccn2)c1)NC1CCN(c2ccccc2)C1. The molecule has 3 N–H and O–H groups in total. The topological polar surface area (TPSA) is 86.6 Å². The van der Waals surface area contributed by atoms with E-state index in [1.807, 2.05) is 30.3 Å². The Balaban J connectivity index is 1.26. The van der Waals surface area contributed by atoms with Crippen LogP contribution in [-0.4, -0.2) is 47.8 Å². The molecule has 1 atom stereocenters. The van der Waals surface area contributed by atoms with E-state index in [-0.39, 0.29) is 12.5 Å². The van der Waals surface area contributed by atoms with Crippen LogP contribution in [-0.2, 0) is 17.9 Å². The molecule has 0 saturated carbocycles. The van der Waals surface area contributed by atoms with Gasteiger partial charge >= 0.3 is 0 Å². The van der Waals surface area contributed by atoms with Gasteiger partial charge in [-0.05, 0) is 42.3 Å². The largest absolute Gasteiger partial charge is 0.369 e. The highest BCUT2D eigenvalue weighted by Crippen LogP contribution is 2.19. The first kappa shape index (κ1) is 21.4. The quantitative estimate of drug-likeness (QED) is 0.395. The van der Waals surface area contributed by atoms with Gasteiger partial charge in [-0.15, -0.1) is 0 Å². The van der Waals surface area contributed by atoms with Gasteiger partial charge in [-0.2, -0.15) is 5.10 Å². The van der Waals surface area contributed by atoms with Crippen molar-refractivity contribution in [1.29, 1.82) is 0 Å². The minimum atomic E-state index is -0.111. The molecule has 1 unspecified atom stereocenters. The molecule has 0 radical (unpaired) electrons. The third-order valence-electron chi connectivity index (χ3n) is 5.41. The molecule has 4 rings (SSSR count). The first-order valence-electron chi connectivity index (χ1n) is 10.8. The number of nitrogens with zero attached hydrogens (tertiary/aromatic N) is 4. The van der Waals surface area contributed by atoms with Gasteiger partial charge in [-0.25, -0.2) is 0 Å².